The Labute approximate surface area is 105 Å². The van der Waals surface area contributed by atoms with Crippen LogP contribution < -0.4 is 15.8 Å². The number of rotatable bonds is 5. The van der Waals surface area contributed by atoms with E-state index in [4.69, 9.17) is 10.5 Å². The third-order valence-corrected chi connectivity index (χ3v) is 4.58. The van der Waals surface area contributed by atoms with Crippen LogP contribution in [0.2, 0.25) is 0 Å². The normalized spacial score (nSPS) is 16.6. The van der Waals surface area contributed by atoms with E-state index < -0.39 is 0 Å². The molecule has 1 aliphatic carbocycles. The van der Waals surface area contributed by atoms with Gasteiger partial charge in [-0.2, -0.15) is 11.8 Å². The first kappa shape index (κ1) is 12.4. The Hall–Kier alpha value is -1.10. The molecule has 0 aromatic heterocycles. The number of halogens is 1. The van der Waals surface area contributed by atoms with Crippen molar-refractivity contribution in [2.45, 2.75) is 17.6 Å². The summed E-state index contributed by atoms with van der Waals surface area (Å²) < 4.78 is 19.0. The molecule has 0 heterocycles. The van der Waals surface area contributed by atoms with Gasteiger partial charge in [-0.3, -0.25) is 0 Å². The van der Waals surface area contributed by atoms with Gasteiger partial charge in [0.2, 0.25) is 0 Å². The van der Waals surface area contributed by atoms with Gasteiger partial charge in [-0.05, 0) is 19.1 Å². The third kappa shape index (κ3) is 2.60. The average molecular weight is 256 g/mol. The number of nitrogen functional groups attached to an aromatic ring is 1. The molecule has 0 radical (unpaired) electrons. The van der Waals surface area contributed by atoms with E-state index in [1.54, 1.807) is 6.07 Å². The van der Waals surface area contributed by atoms with Crippen LogP contribution in [0.3, 0.4) is 0 Å². The third-order valence-electron chi connectivity index (χ3n) is 3.16. The maximum Gasteiger partial charge on any atom is 0.148 e. The first-order chi connectivity index (χ1) is 8.10. The van der Waals surface area contributed by atoms with Crippen molar-refractivity contribution >= 4 is 23.1 Å². The Morgan fingerprint density at radius 1 is 1.53 bits per heavy atom. The molecule has 1 fully saturated rings. The second-order valence-electron chi connectivity index (χ2n) is 4.31. The van der Waals surface area contributed by atoms with Crippen molar-refractivity contribution in [3.8, 4) is 5.75 Å². The van der Waals surface area contributed by atoms with Crippen LogP contribution in [0.4, 0.5) is 15.8 Å². The molecule has 1 aromatic carbocycles. The zero-order valence-electron chi connectivity index (χ0n) is 10.0. The standard InChI is InChI=1S/C12H17FN2OS/c1-16-11-6-10(8(13)5-9(11)14)15-7-12(17-2)3-4-12/h5-6,15H,3-4,7,14H2,1-2H3. The maximum absolute atomic E-state index is 13.7. The highest BCUT2D eigenvalue weighted by Gasteiger charge is 2.41. The summed E-state index contributed by atoms with van der Waals surface area (Å²) in [7, 11) is 1.53. The number of benzene rings is 1. The highest BCUT2D eigenvalue weighted by molar-refractivity contribution is 8.00. The van der Waals surface area contributed by atoms with Gasteiger partial charge in [-0.25, -0.2) is 4.39 Å². The minimum atomic E-state index is -0.333. The second kappa shape index (κ2) is 4.64. The summed E-state index contributed by atoms with van der Waals surface area (Å²) in [5, 5.41) is 3.14. The van der Waals surface area contributed by atoms with Gasteiger partial charge in [-0.15, -0.1) is 0 Å². The van der Waals surface area contributed by atoms with Crippen LogP contribution in [-0.4, -0.2) is 24.7 Å². The van der Waals surface area contributed by atoms with Crippen LogP contribution in [0.25, 0.3) is 0 Å². The fourth-order valence-corrected chi connectivity index (χ4v) is 2.46. The van der Waals surface area contributed by atoms with Crippen molar-refractivity contribution in [2.75, 3.05) is 31.0 Å². The molecule has 94 valence electrons. The van der Waals surface area contributed by atoms with E-state index in [0.717, 1.165) is 6.54 Å². The van der Waals surface area contributed by atoms with E-state index in [2.05, 4.69) is 11.6 Å². The van der Waals surface area contributed by atoms with Crippen molar-refractivity contribution < 1.29 is 9.13 Å². The van der Waals surface area contributed by atoms with Gasteiger partial charge in [-0.1, -0.05) is 0 Å². The van der Waals surface area contributed by atoms with Gasteiger partial charge in [0.15, 0.2) is 0 Å². The molecule has 3 nitrogen and oxygen atoms in total. The lowest BCUT2D eigenvalue weighted by molar-refractivity contribution is 0.416. The summed E-state index contributed by atoms with van der Waals surface area (Å²) in [5.41, 5.74) is 6.40. The summed E-state index contributed by atoms with van der Waals surface area (Å²) in [6.07, 6.45) is 4.47. The lowest BCUT2D eigenvalue weighted by Crippen LogP contribution is -2.18. The summed E-state index contributed by atoms with van der Waals surface area (Å²) in [4.78, 5) is 0. The molecule has 5 heteroatoms. The molecule has 0 unspecified atom stereocenters. The fraction of sp³-hybridized carbons (Fsp3) is 0.500. The van der Waals surface area contributed by atoms with Crippen LogP contribution in [0, 0.1) is 5.82 Å². The van der Waals surface area contributed by atoms with Crippen LogP contribution in [0.1, 0.15) is 12.8 Å². The van der Waals surface area contributed by atoms with Crippen molar-refractivity contribution in [1.82, 2.24) is 0 Å². The van der Waals surface area contributed by atoms with E-state index >= 15 is 0 Å². The van der Waals surface area contributed by atoms with Crippen molar-refractivity contribution in [1.29, 1.82) is 0 Å². The van der Waals surface area contributed by atoms with Gasteiger partial charge in [0, 0.05) is 23.4 Å². The Kier molecular flexibility index (Phi) is 3.38. The predicted octanol–water partition coefficient (Wildman–Crippen LogP) is 2.72. The molecular formula is C12H17FN2OS. The minimum absolute atomic E-state index is 0.293. The molecule has 0 aliphatic heterocycles. The SMILES string of the molecule is COc1cc(NCC2(SC)CC2)c(F)cc1N. The topological polar surface area (TPSA) is 47.3 Å². The smallest absolute Gasteiger partial charge is 0.148 e. The van der Waals surface area contributed by atoms with E-state index in [-0.39, 0.29) is 5.82 Å². The maximum atomic E-state index is 13.7. The molecule has 3 N–H and O–H groups in total. The van der Waals surface area contributed by atoms with E-state index in [1.165, 1.54) is 26.0 Å². The Bertz CT molecular complexity index is 421. The van der Waals surface area contributed by atoms with Crippen LogP contribution in [-0.2, 0) is 0 Å². The molecule has 0 spiro atoms. The quantitative estimate of drug-likeness (QED) is 0.795. The zero-order valence-corrected chi connectivity index (χ0v) is 10.9. The number of ether oxygens (including phenoxy) is 1. The number of hydrogen-bond donors (Lipinski definition) is 2. The number of anilines is 2. The summed E-state index contributed by atoms with van der Waals surface area (Å²) in [6, 6.07) is 2.90. The first-order valence-electron chi connectivity index (χ1n) is 5.52. The van der Waals surface area contributed by atoms with Crippen LogP contribution in [0.5, 0.6) is 5.75 Å². The Morgan fingerprint density at radius 2 is 2.24 bits per heavy atom. The Balaban J connectivity index is 2.10. The van der Waals surface area contributed by atoms with E-state index in [0.29, 0.717) is 21.9 Å². The molecule has 0 amide bonds. The molecule has 1 aromatic rings. The van der Waals surface area contributed by atoms with Crippen molar-refractivity contribution in [3.05, 3.63) is 17.9 Å². The minimum Gasteiger partial charge on any atom is -0.495 e. The van der Waals surface area contributed by atoms with E-state index in [9.17, 15) is 4.39 Å². The lowest BCUT2D eigenvalue weighted by Gasteiger charge is -2.16. The number of thioether (sulfide) groups is 1. The summed E-state index contributed by atoms with van der Waals surface area (Å²) in [5.74, 6) is 0.170. The van der Waals surface area contributed by atoms with Crippen LogP contribution >= 0.6 is 11.8 Å². The zero-order chi connectivity index (χ0) is 12.5. The van der Waals surface area contributed by atoms with Crippen molar-refractivity contribution in [2.24, 2.45) is 0 Å². The number of nitrogens with one attached hydrogen (secondary N) is 1. The second-order valence-corrected chi connectivity index (χ2v) is 5.59. The van der Waals surface area contributed by atoms with E-state index in [1.807, 2.05) is 11.8 Å². The highest BCUT2D eigenvalue weighted by Crippen LogP contribution is 2.47. The summed E-state index contributed by atoms with van der Waals surface area (Å²) in [6.45, 7) is 0.776. The molecule has 1 aliphatic rings. The van der Waals surface area contributed by atoms with Gasteiger partial charge < -0.3 is 15.8 Å². The molecule has 17 heavy (non-hydrogen) atoms. The number of hydrogen-bond acceptors (Lipinski definition) is 4. The monoisotopic (exact) mass is 256 g/mol. The molecule has 0 saturated heterocycles. The number of nitrogens with two attached hydrogens (primary N) is 1. The van der Waals surface area contributed by atoms with Gasteiger partial charge in [0.1, 0.15) is 11.6 Å². The predicted molar refractivity (Wildman–Crippen MR) is 71.3 cm³/mol. The van der Waals surface area contributed by atoms with Crippen molar-refractivity contribution in [3.63, 3.8) is 0 Å². The molecule has 0 bridgehead atoms. The van der Waals surface area contributed by atoms with Gasteiger partial charge >= 0.3 is 0 Å². The summed E-state index contributed by atoms with van der Waals surface area (Å²) >= 11 is 1.84. The molecule has 2 rings (SSSR count). The molecule has 0 atom stereocenters. The fourth-order valence-electron chi connectivity index (χ4n) is 1.73. The molecule has 1 saturated carbocycles. The highest BCUT2D eigenvalue weighted by atomic mass is 32.2. The number of methoxy groups -OCH3 is 1. The van der Waals surface area contributed by atoms with Crippen LogP contribution in [0.15, 0.2) is 12.1 Å². The average Bonchev–Trinajstić information content (AvgIpc) is 3.09. The lowest BCUT2D eigenvalue weighted by atomic mass is 10.2. The van der Waals surface area contributed by atoms with Gasteiger partial charge in [0.25, 0.3) is 0 Å². The Morgan fingerprint density at radius 3 is 2.76 bits per heavy atom. The largest absolute Gasteiger partial charge is 0.495 e. The van der Waals surface area contributed by atoms with Gasteiger partial charge in [0.05, 0.1) is 18.5 Å². The molecular weight excluding hydrogens is 239 g/mol. The first-order valence-corrected chi connectivity index (χ1v) is 6.75.